The van der Waals surface area contributed by atoms with Gasteiger partial charge in [0.2, 0.25) is 27.7 Å². The summed E-state index contributed by atoms with van der Waals surface area (Å²) in [6.45, 7) is 7.43. The van der Waals surface area contributed by atoms with Crippen molar-refractivity contribution < 1.29 is 27.5 Å². The summed E-state index contributed by atoms with van der Waals surface area (Å²) in [5.74, 6) is -1.21. The van der Waals surface area contributed by atoms with Gasteiger partial charge < -0.3 is 20.3 Å². The third kappa shape index (κ3) is 8.02. The summed E-state index contributed by atoms with van der Waals surface area (Å²) in [6.07, 6.45) is 10.0. The highest BCUT2D eigenvalue weighted by Gasteiger charge is 2.46. The first-order valence-corrected chi connectivity index (χ1v) is 17.6. The molecular formula is C33H45N5O6S. The second-order valence-corrected chi connectivity index (χ2v) is 14.9. The van der Waals surface area contributed by atoms with Crippen molar-refractivity contribution in [3.05, 3.63) is 48.7 Å². The van der Waals surface area contributed by atoms with E-state index in [1.54, 1.807) is 6.20 Å². The van der Waals surface area contributed by atoms with Gasteiger partial charge in [0.1, 0.15) is 17.7 Å². The van der Waals surface area contributed by atoms with E-state index in [2.05, 4.69) is 52.0 Å². The second kappa shape index (κ2) is 13.9. The molecule has 11 nitrogen and oxygen atoms in total. The summed E-state index contributed by atoms with van der Waals surface area (Å²) in [6, 6.07) is 7.44. The van der Waals surface area contributed by atoms with Crippen molar-refractivity contribution in [3.8, 4) is 5.88 Å². The summed E-state index contributed by atoms with van der Waals surface area (Å²) in [4.78, 5) is 46.7. The number of hydrogen-bond donors (Lipinski definition) is 3. The van der Waals surface area contributed by atoms with Crippen molar-refractivity contribution in [2.24, 2.45) is 0 Å². The Labute approximate surface area is 265 Å². The number of benzene rings is 1. The van der Waals surface area contributed by atoms with Crippen LogP contribution < -0.4 is 20.1 Å². The van der Waals surface area contributed by atoms with Crippen LogP contribution in [0.5, 0.6) is 5.88 Å². The molecule has 4 atom stereocenters. The lowest BCUT2D eigenvalue weighted by atomic mass is 9.96. The van der Waals surface area contributed by atoms with Gasteiger partial charge in [0.05, 0.1) is 18.3 Å². The van der Waals surface area contributed by atoms with E-state index in [1.165, 1.54) is 23.5 Å². The van der Waals surface area contributed by atoms with Crippen LogP contribution in [0.1, 0.15) is 77.2 Å². The van der Waals surface area contributed by atoms with Gasteiger partial charge in [0.25, 0.3) is 5.91 Å². The number of nitrogens with zero attached hydrogens (tertiary/aromatic N) is 2. The number of amides is 3. The van der Waals surface area contributed by atoms with Gasteiger partial charge in [-0.25, -0.2) is 13.4 Å². The number of sulfonamides is 1. The molecule has 244 valence electrons. The van der Waals surface area contributed by atoms with Crippen molar-refractivity contribution in [2.75, 3.05) is 13.1 Å². The number of pyridine rings is 1. The smallest absolute Gasteiger partial charge is 0.259 e. The number of nitrogens with one attached hydrogen (secondary N) is 3. The molecular weight excluding hydrogens is 594 g/mol. The Hall–Kier alpha value is -3.51. The van der Waals surface area contributed by atoms with Crippen LogP contribution in [-0.4, -0.2) is 78.1 Å². The monoisotopic (exact) mass is 639 g/mol. The lowest BCUT2D eigenvalue weighted by Crippen LogP contribution is -2.61. The van der Waals surface area contributed by atoms with E-state index in [1.807, 2.05) is 6.07 Å². The summed E-state index contributed by atoms with van der Waals surface area (Å²) in [5, 5.41) is 7.34. The summed E-state index contributed by atoms with van der Waals surface area (Å²) >= 11 is 0. The van der Waals surface area contributed by atoms with Crippen LogP contribution in [0, 0.1) is 0 Å². The van der Waals surface area contributed by atoms with Crippen molar-refractivity contribution in [1.82, 2.24) is 25.2 Å². The lowest BCUT2D eigenvalue weighted by Gasteiger charge is -2.32. The number of aryl methyl sites for hydroxylation is 1. The molecule has 0 spiro atoms. The topological polar surface area (TPSA) is 147 Å². The minimum atomic E-state index is -3.84. The van der Waals surface area contributed by atoms with Crippen molar-refractivity contribution >= 4 is 38.5 Å². The summed E-state index contributed by atoms with van der Waals surface area (Å²) < 4.78 is 33.6. The first kappa shape index (κ1) is 32.9. The Morgan fingerprint density at radius 3 is 2.71 bits per heavy atom. The van der Waals surface area contributed by atoms with E-state index >= 15 is 0 Å². The second-order valence-electron chi connectivity index (χ2n) is 12.9. The first-order chi connectivity index (χ1) is 21.5. The zero-order valence-electron chi connectivity index (χ0n) is 26.2. The zero-order valence-corrected chi connectivity index (χ0v) is 27.0. The maximum Gasteiger partial charge on any atom is 0.259 e. The molecule has 1 unspecified atom stereocenters. The third-order valence-electron chi connectivity index (χ3n) is 9.06. The number of fused-ring (bicyclic) bond motifs is 3. The molecule has 1 aromatic heterocycles. The van der Waals surface area contributed by atoms with Crippen LogP contribution in [0.25, 0.3) is 10.8 Å². The number of carbonyl (C=O) groups excluding carboxylic acids is 3. The highest BCUT2D eigenvalue weighted by Crippen LogP contribution is 2.31. The van der Waals surface area contributed by atoms with Gasteiger partial charge in [-0.1, -0.05) is 37.5 Å². The molecule has 3 amide bonds. The summed E-state index contributed by atoms with van der Waals surface area (Å²) in [7, 11) is -3.84. The van der Waals surface area contributed by atoms with E-state index in [4.69, 9.17) is 4.74 Å². The molecule has 4 bridgehead atoms. The van der Waals surface area contributed by atoms with Crippen LogP contribution in [0.15, 0.2) is 43.1 Å². The summed E-state index contributed by atoms with van der Waals surface area (Å²) in [5.41, 5.74) is -0.387. The number of aromatic nitrogens is 1. The molecule has 0 radical (unpaired) electrons. The van der Waals surface area contributed by atoms with Crippen LogP contribution in [-0.2, 0) is 30.8 Å². The third-order valence-corrected chi connectivity index (χ3v) is 10.9. The average molecular weight is 640 g/mol. The number of carbonyl (C=O) groups is 3. The standard InChI is InChI=1S/C33H45N5O6S/c1-4-16-33(3,32(41)37-45(42,43)26-13-14-26)36-30(40)28-19-25-21-38(28)29(39)20-35-22(2)9-7-5-6-8-10-23-11-12-24-15-17-34-31(44-25)27(24)18-23/h4,11-12,15,17-18,22,25-26,28,35H,1,5-10,13-14,16,19-21H2,2-3H3,(H,36,40)(H,37,41)/t22?,25-,28+,33-/m1/s1. The van der Waals surface area contributed by atoms with Crippen LogP contribution >= 0.6 is 0 Å². The molecule has 1 aliphatic carbocycles. The Morgan fingerprint density at radius 2 is 1.96 bits per heavy atom. The molecule has 2 aliphatic heterocycles. The highest BCUT2D eigenvalue weighted by atomic mass is 32.2. The van der Waals surface area contributed by atoms with E-state index in [9.17, 15) is 22.8 Å². The van der Waals surface area contributed by atoms with Crippen LogP contribution in [0.3, 0.4) is 0 Å². The van der Waals surface area contributed by atoms with Gasteiger partial charge in [0, 0.05) is 24.0 Å². The minimum Gasteiger partial charge on any atom is -0.472 e. The molecule has 3 aliphatic rings. The molecule has 1 saturated carbocycles. The lowest BCUT2D eigenvalue weighted by molar-refractivity contribution is -0.140. The Morgan fingerprint density at radius 1 is 1.18 bits per heavy atom. The van der Waals surface area contributed by atoms with Gasteiger partial charge in [-0.15, -0.1) is 6.58 Å². The molecule has 2 fully saturated rings. The minimum absolute atomic E-state index is 0.00726. The Bertz CT molecular complexity index is 1540. The Balaban J connectivity index is 1.40. The average Bonchev–Trinajstić information content (AvgIpc) is 3.78. The Kier molecular flexibility index (Phi) is 10.1. The number of ether oxygens (including phenoxy) is 1. The van der Waals surface area contributed by atoms with Gasteiger partial charge in [-0.3, -0.25) is 19.1 Å². The maximum atomic E-state index is 13.9. The molecule has 3 N–H and O–H groups in total. The predicted molar refractivity (Wildman–Crippen MR) is 172 cm³/mol. The van der Waals surface area contributed by atoms with E-state index in [-0.39, 0.29) is 37.9 Å². The van der Waals surface area contributed by atoms with E-state index in [0.29, 0.717) is 18.7 Å². The van der Waals surface area contributed by atoms with Crippen LogP contribution in [0.4, 0.5) is 0 Å². The highest BCUT2D eigenvalue weighted by molar-refractivity contribution is 7.90. The molecule has 5 rings (SSSR count). The van der Waals surface area contributed by atoms with Gasteiger partial charge in [0.15, 0.2) is 0 Å². The number of hydrogen-bond acceptors (Lipinski definition) is 8. The fourth-order valence-corrected chi connectivity index (χ4v) is 7.56. The van der Waals surface area contributed by atoms with Gasteiger partial charge >= 0.3 is 0 Å². The fourth-order valence-electron chi connectivity index (χ4n) is 6.15. The number of rotatable bonds is 7. The van der Waals surface area contributed by atoms with Crippen LogP contribution in [0.2, 0.25) is 0 Å². The molecule has 1 aromatic carbocycles. The van der Waals surface area contributed by atoms with Crippen molar-refractivity contribution in [3.63, 3.8) is 0 Å². The molecule has 2 aromatic rings. The quantitative estimate of drug-likeness (QED) is 0.392. The maximum absolute atomic E-state index is 13.9. The van der Waals surface area contributed by atoms with Gasteiger partial charge in [-0.05, 0) is 75.5 Å². The molecule has 12 heteroatoms. The fraction of sp³-hybridized carbons (Fsp3) is 0.576. The normalized spacial score (nSPS) is 24.6. The zero-order chi connectivity index (χ0) is 32.2. The van der Waals surface area contributed by atoms with Gasteiger partial charge in [-0.2, -0.15) is 0 Å². The molecule has 45 heavy (non-hydrogen) atoms. The van der Waals surface area contributed by atoms with E-state index < -0.39 is 44.8 Å². The van der Waals surface area contributed by atoms with E-state index in [0.717, 1.165) is 49.3 Å². The van der Waals surface area contributed by atoms with Crippen molar-refractivity contribution in [1.29, 1.82) is 0 Å². The molecule has 3 heterocycles. The SMILES string of the molecule is C=CC[C@@](C)(NC(=O)[C@@H]1C[C@@H]2CN1C(=O)CNC(C)CCCCCCc1ccc3ccnc(c3c1)O2)C(=O)NS(=O)(=O)C1CC1. The predicted octanol–water partition coefficient (Wildman–Crippen LogP) is 3.13. The first-order valence-electron chi connectivity index (χ1n) is 16.1. The van der Waals surface area contributed by atoms with Crippen molar-refractivity contribution in [2.45, 2.75) is 107 Å². The molecule has 1 saturated heterocycles. The largest absolute Gasteiger partial charge is 0.472 e.